The molecule has 0 aliphatic carbocycles. The Bertz CT molecular complexity index is 606. The van der Waals surface area contributed by atoms with E-state index in [0.717, 1.165) is 0 Å². The summed E-state index contributed by atoms with van der Waals surface area (Å²) in [5.41, 5.74) is 0.706. The first-order valence-corrected chi connectivity index (χ1v) is 7.89. The highest BCUT2D eigenvalue weighted by atomic mass is 35.5. The number of nitrogens with zero attached hydrogens (tertiary/aromatic N) is 1. The smallest absolute Gasteiger partial charge is 0.434 e. The van der Waals surface area contributed by atoms with Gasteiger partial charge in [-0.15, -0.1) is 0 Å². The third-order valence-electron chi connectivity index (χ3n) is 3.75. The summed E-state index contributed by atoms with van der Waals surface area (Å²) in [5.74, 6) is -1.58. The summed E-state index contributed by atoms with van der Waals surface area (Å²) in [6, 6.07) is 5.22. The zero-order valence-electron chi connectivity index (χ0n) is 13.2. The number of rotatable bonds is 4. The van der Waals surface area contributed by atoms with Gasteiger partial charge in [-0.3, -0.25) is 9.69 Å². The predicted octanol–water partition coefficient (Wildman–Crippen LogP) is 3.15. The summed E-state index contributed by atoms with van der Waals surface area (Å²) in [4.78, 5) is 13.5. The second kappa shape index (κ2) is 8.01. The minimum Gasteiger partial charge on any atom is -0.442 e. The Morgan fingerprint density at radius 1 is 1.19 bits per heavy atom. The highest BCUT2D eigenvalue weighted by Gasteiger charge is 2.60. The lowest BCUT2D eigenvalue weighted by Crippen LogP contribution is -2.57. The fourth-order valence-electron chi connectivity index (χ4n) is 2.51. The fraction of sp³-hybridized carbons (Fsp3) is 0.533. The van der Waals surface area contributed by atoms with Gasteiger partial charge in [-0.25, -0.2) is 0 Å². The fourth-order valence-corrected chi connectivity index (χ4v) is 2.63. The maximum Gasteiger partial charge on any atom is 0.434 e. The molecular weight excluding hydrogens is 390 g/mol. The SMILES string of the molecule is O=C(OC(C(F)(F)F)C(F)(F)F)C1CNCCN1Cc1ccc(Cl)cc1. The molecule has 1 saturated heterocycles. The zero-order chi connectivity index (χ0) is 19.5. The number of benzene rings is 1. The van der Waals surface area contributed by atoms with Gasteiger partial charge >= 0.3 is 18.3 Å². The Hall–Kier alpha value is -1.52. The van der Waals surface area contributed by atoms with Crippen LogP contribution in [0.1, 0.15) is 5.56 Å². The van der Waals surface area contributed by atoms with Crippen molar-refractivity contribution in [3.8, 4) is 0 Å². The number of ether oxygens (including phenoxy) is 1. The average molecular weight is 405 g/mol. The summed E-state index contributed by atoms with van der Waals surface area (Å²) in [5, 5.41) is 3.24. The summed E-state index contributed by atoms with van der Waals surface area (Å²) in [7, 11) is 0. The van der Waals surface area contributed by atoms with E-state index in [1.54, 1.807) is 24.3 Å². The molecule has 1 aromatic carbocycles. The van der Waals surface area contributed by atoms with Crippen LogP contribution in [-0.2, 0) is 16.1 Å². The number of alkyl halides is 6. The lowest BCUT2D eigenvalue weighted by molar-refractivity contribution is -0.314. The standard InChI is InChI=1S/C15H15ClF6N2O2/c16-10-3-1-9(2-4-10)8-24-6-5-23-7-11(24)12(25)26-13(14(17,18)19)15(20,21)22/h1-4,11,13,23H,5-8H2. The quantitative estimate of drug-likeness (QED) is 0.618. The van der Waals surface area contributed by atoms with Crippen LogP contribution in [0.5, 0.6) is 0 Å². The molecule has 0 aromatic heterocycles. The molecule has 1 aliphatic heterocycles. The second-order valence-corrected chi connectivity index (χ2v) is 6.15. The van der Waals surface area contributed by atoms with Crippen molar-refractivity contribution in [2.75, 3.05) is 19.6 Å². The zero-order valence-corrected chi connectivity index (χ0v) is 14.0. The molecule has 0 spiro atoms. The van der Waals surface area contributed by atoms with Gasteiger partial charge in [0.25, 0.3) is 6.10 Å². The van der Waals surface area contributed by atoms with Crippen LogP contribution in [0.2, 0.25) is 5.02 Å². The van der Waals surface area contributed by atoms with Gasteiger partial charge in [0.1, 0.15) is 6.04 Å². The minimum absolute atomic E-state index is 0.116. The molecule has 1 unspecified atom stereocenters. The molecule has 1 N–H and O–H groups in total. The molecule has 0 radical (unpaired) electrons. The summed E-state index contributed by atoms with van der Waals surface area (Å²) in [6.45, 7) is 0.723. The molecule has 0 bridgehead atoms. The van der Waals surface area contributed by atoms with Crippen molar-refractivity contribution in [3.05, 3.63) is 34.9 Å². The van der Waals surface area contributed by atoms with Gasteiger partial charge in [-0.1, -0.05) is 23.7 Å². The molecule has 4 nitrogen and oxygen atoms in total. The average Bonchev–Trinajstić information content (AvgIpc) is 2.53. The number of piperazine rings is 1. The minimum atomic E-state index is -5.74. The van der Waals surface area contributed by atoms with Gasteiger partial charge in [0.2, 0.25) is 0 Å². The number of hydrogen-bond acceptors (Lipinski definition) is 4. The number of halogens is 7. The molecular formula is C15H15ClF6N2O2. The van der Waals surface area contributed by atoms with Crippen LogP contribution in [0.4, 0.5) is 26.3 Å². The van der Waals surface area contributed by atoms with E-state index >= 15 is 0 Å². The summed E-state index contributed by atoms with van der Waals surface area (Å²) in [6.07, 6.45) is -15.6. The largest absolute Gasteiger partial charge is 0.442 e. The monoisotopic (exact) mass is 404 g/mol. The molecule has 1 heterocycles. The van der Waals surface area contributed by atoms with Gasteiger partial charge in [0.15, 0.2) is 0 Å². The van der Waals surface area contributed by atoms with E-state index in [1.807, 2.05) is 0 Å². The summed E-state index contributed by atoms with van der Waals surface area (Å²) < 4.78 is 79.3. The van der Waals surface area contributed by atoms with E-state index in [4.69, 9.17) is 11.6 Å². The van der Waals surface area contributed by atoms with Crippen molar-refractivity contribution in [2.45, 2.75) is 31.0 Å². The Balaban J connectivity index is 2.12. The third kappa shape index (κ3) is 5.49. The second-order valence-electron chi connectivity index (χ2n) is 5.72. The molecule has 1 aliphatic rings. The van der Waals surface area contributed by atoms with Crippen molar-refractivity contribution in [3.63, 3.8) is 0 Å². The van der Waals surface area contributed by atoms with E-state index < -0.39 is 30.5 Å². The van der Waals surface area contributed by atoms with E-state index in [-0.39, 0.29) is 19.6 Å². The van der Waals surface area contributed by atoms with Crippen LogP contribution in [-0.4, -0.2) is 55.0 Å². The first kappa shape index (κ1) is 20.8. The topological polar surface area (TPSA) is 41.6 Å². The number of esters is 1. The highest BCUT2D eigenvalue weighted by Crippen LogP contribution is 2.36. The van der Waals surface area contributed by atoms with Crippen LogP contribution >= 0.6 is 11.6 Å². The van der Waals surface area contributed by atoms with Crippen LogP contribution in [0, 0.1) is 0 Å². The Labute approximate surface area is 150 Å². The molecule has 26 heavy (non-hydrogen) atoms. The Morgan fingerprint density at radius 3 is 2.31 bits per heavy atom. The van der Waals surface area contributed by atoms with E-state index in [9.17, 15) is 31.1 Å². The van der Waals surface area contributed by atoms with E-state index in [0.29, 0.717) is 17.1 Å². The van der Waals surface area contributed by atoms with Crippen LogP contribution < -0.4 is 5.32 Å². The first-order chi connectivity index (χ1) is 12.0. The maximum absolute atomic E-state index is 12.6. The first-order valence-electron chi connectivity index (χ1n) is 7.51. The van der Waals surface area contributed by atoms with E-state index in [2.05, 4.69) is 10.1 Å². The number of hydrogen-bond donors (Lipinski definition) is 1. The van der Waals surface area contributed by atoms with Gasteiger partial charge in [-0.2, -0.15) is 26.3 Å². The van der Waals surface area contributed by atoms with Gasteiger partial charge < -0.3 is 10.1 Å². The van der Waals surface area contributed by atoms with Gasteiger partial charge in [0.05, 0.1) is 0 Å². The maximum atomic E-state index is 12.6. The molecule has 0 saturated carbocycles. The molecule has 1 atom stereocenters. The molecule has 2 rings (SSSR count). The number of nitrogens with one attached hydrogen (secondary N) is 1. The molecule has 146 valence electrons. The predicted molar refractivity (Wildman–Crippen MR) is 80.5 cm³/mol. The Morgan fingerprint density at radius 2 is 1.77 bits per heavy atom. The molecule has 0 amide bonds. The normalized spacial score (nSPS) is 19.6. The number of carbonyl (C=O) groups is 1. The van der Waals surface area contributed by atoms with E-state index in [1.165, 1.54) is 4.90 Å². The van der Waals surface area contributed by atoms with Crippen molar-refractivity contribution >= 4 is 17.6 Å². The van der Waals surface area contributed by atoms with Crippen molar-refractivity contribution in [1.29, 1.82) is 0 Å². The van der Waals surface area contributed by atoms with Crippen molar-refractivity contribution < 1.29 is 35.9 Å². The molecule has 1 fully saturated rings. The van der Waals surface area contributed by atoms with Crippen LogP contribution in [0.25, 0.3) is 0 Å². The van der Waals surface area contributed by atoms with Gasteiger partial charge in [0, 0.05) is 31.2 Å². The Kier molecular flexibility index (Phi) is 6.41. The molecule has 1 aromatic rings. The lowest BCUT2D eigenvalue weighted by atomic mass is 10.1. The van der Waals surface area contributed by atoms with Crippen LogP contribution in [0.15, 0.2) is 24.3 Å². The summed E-state index contributed by atoms with van der Waals surface area (Å²) >= 11 is 5.77. The van der Waals surface area contributed by atoms with Gasteiger partial charge in [-0.05, 0) is 17.7 Å². The van der Waals surface area contributed by atoms with Crippen LogP contribution in [0.3, 0.4) is 0 Å². The lowest BCUT2D eigenvalue weighted by Gasteiger charge is -2.35. The third-order valence-corrected chi connectivity index (χ3v) is 4.01. The van der Waals surface area contributed by atoms with Crippen molar-refractivity contribution in [2.24, 2.45) is 0 Å². The van der Waals surface area contributed by atoms with Crippen molar-refractivity contribution in [1.82, 2.24) is 10.2 Å². The molecule has 11 heteroatoms. The highest BCUT2D eigenvalue weighted by molar-refractivity contribution is 6.30. The number of carbonyl (C=O) groups excluding carboxylic acids is 1.